The summed E-state index contributed by atoms with van der Waals surface area (Å²) in [5.41, 5.74) is -5.49. The first-order chi connectivity index (χ1) is 14.4. The smallest absolute Gasteiger partial charge is 0.386 e. The summed E-state index contributed by atoms with van der Waals surface area (Å²) in [5.74, 6) is 1.56. The molecule has 1 saturated heterocycles. The zero-order chi connectivity index (χ0) is 24.7. The SMILES string of the molecule is C#CC1(F)[C@@H](O)[C@@H]([C@@H](C)OP(=O)(O)OP(=O)(O)OP(=O)(O)O)O[C@H]1n1cnc(=O)[nH]c1=O. The molecule has 21 heteroatoms. The number of ether oxygens (including phenoxy) is 1. The zero-order valence-electron chi connectivity index (χ0n) is 15.5. The maximum Gasteiger partial charge on any atom is 0.490 e. The predicted octanol–water partition coefficient (Wildman–Crippen LogP) is -1.74. The fourth-order valence-corrected chi connectivity index (χ4v) is 5.79. The zero-order valence-corrected chi connectivity index (χ0v) is 18.2. The van der Waals surface area contributed by atoms with E-state index >= 15 is 4.39 Å². The number of hydrogen-bond donors (Lipinski definition) is 6. The lowest BCUT2D eigenvalue weighted by atomic mass is 9.95. The molecule has 180 valence electrons. The van der Waals surface area contributed by atoms with Crippen LogP contribution in [0.4, 0.5) is 4.39 Å². The number of nitrogens with zero attached hydrogens (tertiary/aromatic N) is 2. The standard InChI is InChI=1S/C11H15FN3O14P3/c1-3-11(12)7(16)6(26-8(11)15-4-13-9(17)14-10(15)18)5(2)27-31(22,23)29-32(24,25)28-30(19,20)21/h1,4-8,16H,2H3,(H,22,23)(H,24,25)(H,14,17,18)(H2,19,20,21)/t5-,6-,7+,8-,11?/m1/s1. The van der Waals surface area contributed by atoms with Gasteiger partial charge >= 0.3 is 34.8 Å². The average Bonchev–Trinajstić information content (AvgIpc) is 2.84. The predicted molar refractivity (Wildman–Crippen MR) is 96.1 cm³/mol. The number of aliphatic hydroxyl groups is 1. The molecule has 2 rings (SSSR count). The minimum absolute atomic E-state index is 0.377. The molecule has 2 heterocycles. The summed E-state index contributed by atoms with van der Waals surface area (Å²) in [6.45, 7) is 0.888. The maximum atomic E-state index is 15.3. The highest BCUT2D eigenvalue weighted by molar-refractivity contribution is 7.66. The summed E-state index contributed by atoms with van der Waals surface area (Å²) < 4.78 is 66.2. The molecule has 0 amide bonds. The van der Waals surface area contributed by atoms with Crippen molar-refractivity contribution in [3.8, 4) is 12.3 Å². The van der Waals surface area contributed by atoms with Crippen LogP contribution in [0.25, 0.3) is 0 Å². The number of phosphoric acid groups is 3. The number of alkyl halides is 1. The number of nitrogens with one attached hydrogen (secondary N) is 1. The molecule has 32 heavy (non-hydrogen) atoms. The highest BCUT2D eigenvalue weighted by Gasteiger charge is 2.60. The molecular formula is C11H15FN3O14P3. The topological polar surface area (TPSA) is 257 Å². The maximum absolute atomic E-state index is 15.3. The molecule has 1 aromatic heterocycles. The van der Waals surface area contributed by atoms with Gasteiger partial charge in [-0.2, -0.15) is 13.6 Å². The number of phosphoric ester groups is 1. The van der Waals surface area contributed by atoms with E-state index in [4.69, 9.17) is 25.8 Å². The minimum atomic E-state index is -5.84. The summed E-state index contributed by atoms with van der Waals surface area (Å²) in [4.78, 5) is 63.6. The third kappa shape index (κ3) is 6.06. The number of hydrogen-bond acceptors (Lipinski definition) is 11. The number of aliphatic hydroxyl groups excluding tert-OH is 1. The van der Waals surface area contributed by atoms with Gasteiger partial charge in [-0.3, -0.25) is 14.1 Å². The molecule has 0 aliphatic carbocycles. The van der Waals surface area contributed by atoms with E-state index in [0.29, 0.717) is 10.9 Å². The van der Waals surface area contributed by atoms with Crippen molar-refractivity contribution in [3.63, 3.8) is 0 Å². The van der Waals surface area contributed by atoms with Gasteiger partial charge in [0.2, 0.25) is 5.67 Å². The van der Waals surface area contributed by atoms with Gasteiger partial charge in [0.05, 0.1) is 6.10 Å². The molecule has 1 aliphatic heterocycles. The van der Waals surface area contributed by atoms with E-state index < -0.39 is 65.1 Å². The van der Waals surface area contributed by atoms with Gasteiger partial charge in [0, 0.05) is 0 Å². The van der Waals surface area contributed by atoms with Gasteiger partial charge in [-0.15, -0.1) is 6.42 Å². The van der Waals surface area contributed by atoms with Crippen LogP contribution in [0.2, 0.25) is 0 Å². The normalized spacial score (nSPS) is 30.8. The molecule has 17 nitrogen and oxygen atoms in total. The summed E-state index contributed by atoms with van der Waals surface area (Å²) in [7, 11) is -17.1. The Hall–Kier alpha value is -1.57. The molecule has 1 aliphatic rings. The van der Waals surface area contributed by atoms with Crippen molar-refractivity contribution in [2.75, 3.05) is 0 Å². The van der Waals surface area contributed by atoms with Crippen molar-refractivity contribution in [1.29, 1.82) is 0 Å². The van der Waals surface area contributed by atoms with Gasteiger partial charge in [0.25, 0.3) is 0 Å². The third-order valence-electron chi connectivity index (χ3n) is 3.79. The highest BCUT2D eigenvalue weighted by atomic mass is 31.3. The second-order valence-corrected chi connectivity index (χ2v) is 10.5. The largest absolute Gasteiger partial charge is 0.490 e. The average molecular weight is 525 g/mol. The summed E-state index contributed by atoms with van der Waals surface area (Å²) in [5, 5.41) is 10.3. The van der Waals surface area contributed by atoms with Crippen molar-refractivity contribution >= 4 is 23.5 Å². The van der Waals surface area contributed by atoms with Crippen LogP contribution in [-0.4, -0.2) is 63.2 Å². The van der Waals surface area contributed by atoms with E-state index in [1.807, 2.05) is 0 Å². The van der Waals surface area contributed by atoms with Crippen molar-refractivity contribution in [2.24, 2.45) is 0 Å². The summed E-state index contributed by atoms with van der Waals surface area (Å²) in [6.07, 6.45) is -2.59. The van der Waals surface area contributed by atoms with Crippen LogP contribution in [0.1, 0.15) is 13.2 Å². The monoisotopic (exact) mass is 525 g/mol. The molecule has 0 saturated carbocycles. The Labute approximate surface area is 176 Å². The van der Waals surface area contributed by atoms with Crippen LogP contribution in [0.5, 0.6) is 0 Å². The number of H-pyrrole nitrogens is 1. The third-order valence-corrected chi connectivity index (χ3v) is 7.71. The molecule has 6 N–H and O–H groups in total. The lowest BCUT2D eigenvalue weighted by Crippen LogP contribution is -2.46. The Morgan fingerprint density at radius 2 is 1.88 bits per heavy atom. The lowest BCUT2D eigenvalue weighted by Gasteiger charge is -2.25. The van der Waals surface area contributed by atoms with Gasteiger partial charge in [-0.25, -0.2) is 27.7 Å². The van der Waals surface area contributed by atoms with Crippen LogP contribution in [0.3, 0.4) is 0 Å². The minimum Gasteiger partial charge on any atom is -0.386 e. The molecule has 0 aromatic carbocycles. The molecule has 0 spiro atoms. The van der Waals surface area contributed by atoms with Gasteiger partial charge in [0.1, 0.15) is 18.5 Å². The van der Waals surface area contributed by atoms with Crippen LogP contribution in [0, 0.1) is 12.3 Å². The van der Waals surface area contributed by atoms with E-state index in [-0.39, 0.29) is 0 Å². The van der Waals surface area contributed by atoms with E-state index in [2.05, 4.69) is 18.1 Å². The number of terminal acetylenes is 1. The number of aromatic nitrogens is 3. The summed E-state index contributed by atoms with van der Waals surface area (Å²) >= 11 is 0. The fourth-order valence-electron chi connectivity index (χ4n) is 2.59. The van der Waals surface area contributed by atoms with Gasteiger partial charge in [0.15, 0.2) is 6.23 Å². The Bertz CT molecular complexity index is 1170. The molecular weight excluding hydrogens is 510 g/mol. The lowest BCUT2D eigenvalue weighted by molar-refractivity contribution is -0.0784. The fraction of sp³-hybridized carbons (Fsp3) is 0.545. The van der Waals surface area contributed by atoms with Crippen molar-refractivity contribution in [2.45, 2.75) is 37.1 Å². The Morgan fingerprint density at radius 3 is 2.38 bits per heavy atom. The summed E-state index contributed by atoms with van der Waals surface area (Å²) in [6, 6.07) is 0. The Kier molecular flexibility index (Phi) is 7.50. The number of halogens is 1. The van der Waals surface area contributed by atoms with Crippen molar-refractivity contribution < 1.29 is 60.6 Å². The van der Waals surface area contributed by atoms with Crippen molar-refractivity contribution in [1.82, 2.24) is 14.5 Å². The Balaban J connectivity index is 2.28. The van der Waals surface area contributed by atoms with Gasteiger partial charge in [-0.05, 0) is 6.92 Å². The van der Waals surface area contributed by atoms with Crippen LogP contribution in [0.15, 0.2) is 15.9 Å². The van der Waals surface area contributed by atoms with Crippen LogP contribution >= 0.6 is 23.5 Å². The van der Waals surface area contributed by atoms with Crippen LogP contribution < -0.4 is 11.4 Å². The van der Waals surface area contributed by atoms with E-state index in [0.717, 1.165) is 6.92 Å². The second kappa shape index (κ2) is 8.99. The van der Waals surface area contributed by atoms with E-state index in [1.54, 1.807) is 10.9 Å². The second-order valence-electron chi connectivity index (χ2n) is 6.10. The van der Waals surface area contributed by atoms with E-state index in [9.17, 15) is 33.3 Å². The molecule has 1 aromatic rings. The molecule has 1 fully saturated rings. The first-order valence-electron chi connectivity index (χ1n) is 7.90. The molecule has 3 unspecified atom stereocenters. The molecule has 7 atom stereocenters. The van der Waals surface area contributed by atoms with E-state index in [1.165, 1.54) is 0 Å². The molecule has 0 bridgehead atoms. The first kappa shape index (κ1) is 26.7. The first-order valence-corrected chi connectivity index (χ1v) is 12.4. The van der Waals surface area contributed by atoms with Crippen molar-refractivity contribution in [3.05, 3.63) is 27.3 Å². The number of rotatable bonds is 8. The Morgan fingerprint density at radius 1 is 1.28 bits per heavy atom. The quantitative estimate of drug-likeness (QED) is 0.163. The van der Waals surface area contributed by atoms with Crippen LogP contribution in [-0.2, 0) is 31.6 Å². The molecule has 0 radical (unpaired) electrons. The highest BCUT2D eigenvalue weighted by Crippen LogP contribution is 2.66. The van der Waals surface area contributed by atoms with Gasteiger partial charge in [-0.1, -0.05) is 5.92 Å². The number of aromatic amines is 1. The van der Waals surface area contributed by atoms with Gasteiger partial charge < -0.3 is 29.4 Å².